The van der Waals surface area contributed by atoms with Crippen LogP contribution in [0.5, 0.6) is 0 Å². The summed E-state index contributed by atoms with van der Waals surface area (Å²) >= 11 is 1.29. The fourth-order valence-electron chi connectivity index (χ4n) is 2.56. The van der Waals surface area contributed by atoms with Gasteiger partial charge in [-0.25, -0.2) is 9.97 Å². The fraction of sp³-hybridized carbons (Fsp3) is 0.263. The van der Waals surface area contributed by atoms with Gasteiger partial charge in [0.2, 0.25) is 5.91 Å². The normalized spacial score (nSPS) is 12.1. The summed E-state index contributed by atoms with van der Waals surface area (Å²) in [5.74, 6) is 0.368. The molecule has 26 heavy (non-hydrogen) atoms. The van der Waals surface area contributed by atoms with Gasteiger partial charge in [0.05, 0.1) is 16.2 Å². The van der Waals surface area contributed by atoms with E-state index < -0.39 is 0 Å². The number of carbonyl (C=O) groups excluding carboxylic acids is 1. The maximum Gasteiger partial charge on any atom is 0.261 e. The first-order valence-corrected chi connectivity index (χ1v) is 9.23. The molecule has 1 amide bonds. The van der Waals surface area contributed by atoms with Crippen molar-refractivity contribution >= 4 is 34.4 Å². The molecule has 0 aliphatic heterocycles. The number of benzene rings is 1. The highest BCUT2D eigenvalue weighted by molar-refractivity contribution is 8.00. The lowest BCUT2D eigenvalue weighted by molar-refractivity contribution is -0.115. The number of amides is 1. The molecule has 0 bridgehead atoms. The molecule has 1 N–H and O–H groups in total. The van der Waals surface area contributed by atoms with Crippen molar-refractivity contribution < 1.29 is 4.79 Å². The first-order valence-electron chi connectivity index (χ1n) is 8.35. The van der Waals surface area contributed by atoms with Crippen molar-refractivity contribution in [3.8, 4) is 0 Å². The summed E-state index contributed by atoms with van der Waals surface area (Å²) in [5.41, 5.74) is 1.54. The molecular formula is C19H20N4O2S. The van der Waals surface area contributed by atoms with E-state index in [-0.39, 0.29) is 16.7 Å². The van der Waals surface area contributed by atoms with Gasteiger partial charge in [-0.1, -0.05) is 30.8 Å². The van der Waals surface area contributed by atoms with Crippen molar-refractivity contribution in [2.24, 2.45) is 7.05 Å². The average Bonchev–Trinajstić information content (AvgIpc) is 2.63. The Morgan fingerprint density at radius 1 is 1.31 bits per heavy atom. The van der Waals surface area contributed by atoms with Crippen LogP contribution in [0.25, 0.3) is 10.9 Å². The van der Waals surface area contributed by atoms with Gasteiger partial charge >= 0.3 is 0 Å². The SMILES string of the molecule is CCC(Sc1nc2ccccc2c(=O)n1C)C(=O)Nc1cc(C)ccn1. The minimum Gasteiger partial charge on any atom is -0.310 e. The van der Waals surface area contributed by atoms with Gasteiger partial charge in [0.15, 0.2) is 5.16 Å². The molecule has 3 aromatic rings. The summed E-state index contributed by atoms with van der Waals surface area (Å²) in [7, 11) is 1.68. The van der Waals surface area contributed by atoms with Gasteiger partial charge in [0.1, 0.15) is 5.82 Å². The first-order chi connectivity index (χ1) is 12.5. The number of hydrogen-bond donors (Lipinski definition) is 1. The maximum atomic E-state index is 12.6. The van der Waals surface area contributed by atoms with E-state index in [1.165, 1.54) is 16.3 Å². The summed E-state index contributed by atoms with van der Waals surface area (Å²) in [6, 6.07) is 10.9. The molecule has 6 nitrogen and oxygen atoms in total. The third-order valence-electron chi connectivity index (χ3n) is 4.02. The molecule has 0 spiro atoms. The van der Waals surface area contributed by atoms with Crippen LogP contribution in [0.2, 0.25) is 0 Å². The molecule has 2 aromatic heterocycles. The molecule has 2 heterocycles. The number of nitrogens with zero attached hydrogens (tertiary/aromatic N) is 3. The smallest absolute Gasteiger partial charge is 0.261 e. The number of pyridine rings is 1. The van der Waals surface area contributed by atoms with Gasteiger partial charge in [-0.15, -0.1) is 0 Å². The van der Waals surface area contributed by atoms with Crippen LogP contribution in [0.1, 0.15) is 18.9 Å². The number of nitrogens with one attached hydrogen (secondary N) is 1. The first kappa shape index (κ1) is 18.1. The number of aromatic nitrogens is 3. The fourth-order valence-corrected chi connectivity index (χ4v) is 3.54. The predicted octanol–water partition coefficient (Wildman–Crippen LogP) is 3.15. The van der Waals surface area contributed by atoms with E-state index in [0.29, 0.717) is 28.3 Å². The second-order valence-corrected chi connectivity index (χ2v) is 7.17. The zero-order valence-corrected chi connectivity index (χ0v) is 15.7. The van der Waals surface area contributed by atoms with E-state index in [0.717, 1.165) is 5.56 Å². The van der Waals surface area contributed by atoms with Crippen LogP contribution >= 0.6 is 11.8 Å². The molecule has 134 valence electrons. The lowest BCUT2D eigenvalue weighted by Crippen LogP contribution is -2.27. The molecule has 0 fully saturated rings. The Hall–Kier alpha value is -2.67. The highest BCUT2D eigenvalue weighted by Crippen LogP contribution is 2.25. The number of fused-ring (bicyclic) bond motifs is 1. The minimum absolute atomic E-state index is 0.117. The van der Waals surface area contributed by atoms with E-state index in [1.54, 1.807) is 25.4 Å². The Balaban J connectivity index is 1.86. The summed E-state index contributed by atoms with van der Waals surface area (Å²) in [6.07, 6.45) is 2.26. The molecule has 1 unspecified atom stereocenters. The van der Waals surface area contributed by atoms with Crippen LogP contribution in [-0.2, 0) is 11.8 Å². The number of anilines is 1. The number of carbonyl (C=O) groups is 1. The third-order valence-corrected chi connectivity index (χ3v) is 5.43. The maximum absolute atomic E-state index is 12.6. The molecule has 1 aromatic carbocycles. The minimum atomic E-state index is -0.378. The monoisotopic (exact) mass is 368 g/mol. The molecule has 0 radical (unpaired) electrons. The lowest BCUT2D eigenvalue weighted by atomic mass is 10.2. The summed E-state index contributed by atoms with van der Waals surface area (Å²) in [4.78, 5) is 33.9. The summed E-state index contributed by atoms with van der Waals surface area (Å²) in [6.45, 7) is 3.87. The third kappa shape index (κ3) is 3.77. The van der Waals surface area contributed by atoms with E-state index in [2.05, 4.69) is 15.3 Å². The molecule has 0 saturated carbocycles. The Morgan fingerprint density at radius 3 is 2.81 bits per heavy atom. The number of aryl methyl sites for hydroxylation is 1. The highest BCUT2D eigenvalue weighted by Gasteiger charge is 2.21. The van der Waals surface area contributed by atoms with E-state index >= 15 is 0 Å². The molecule has 0 aliphatic rings. The van der Waals surface area contributed by atoms with E-state index in [1.807, 2.05) is 38.1 Å². The largest absolute Gasteiger partial charge is 0.310 e. The summed E-state index contributed by atoms with van der Waals surface area (Å²) < 4.78 is 1.49. The van der Waals surface area contributed by atoms with Crippen LogP contribution in [-0.4, -0.2) is 25.7 Å². The van der Waals surface area contributed by atoms with Crippen LogP contribution < -0.4 is 10.9 Å². The van der Waals surface area contributed by atoms with Gasteiger partial charge in [0, 0.05) is 13.2 Å². The summed E-state index contributed by atoms with van der Waals surface area (Å²) in [5, 5.41) is 3.55. The van der Waals surface area contributed by atoms with Gasteiger partial charge in [-0.2, -0.15) is 0 Å². The van der Waals surface area contributed by atoms with Crippen molar-refractivity contribution in [2.75, 3.05) is 5.32 Å². The average molecular weight is 368 g/mol. The number of rotatable bonds is 5. The Morgan fingerprint density at radius 2 is 2.08 bits per heavy atom. The molecule has 0 aliphatic carbocycles. The predicted molar refractivity (Wildman–Crippen MR) is 105 cm³/mol. The van der Waals surface area contributed by atoms with Gasteiger partial charge < -0.3 is 5.32 Å². The zero-order chi connectivity index (χ0) is 18.7. The van der Waals surface area contributed by atoms with Crippen molar-refractivity contribution in [1.82, 2.24) is 14.5 Å². The van der Waals surface area contributed by atoms with Crippen molar-refractivity contribution in [1.29, 1.82) is 0 Å². The molecule has 0 saturated heterocycles. The Labute approximate surface area is 155 Å². The lowest BCUT2D eigenvalue weighted by Gasteiger charge is -2.16. The van der Waals surface area contributed by atoms with Crippen LogP contribution in [0.15, 0.2) is 52.5 Å². The van der Waals surface area contributed by atoms with Gasteiger partial charge in [-0.05, 0) is 43.2 Å². The second kappa shape index (κ2) is 7.70. The van der Waals surface area contributed by atoms with E-state index in [4.69, 9.17) is 0 Å². The van der Waals surface area contributed by atoms with E-state index in [9.17, 15) is 9.59 Å². The van der Waals surface area contributed by atoms with Crippen LogP contribution in [0.4, 0.5) is 5.82 Å². The van der Waals surface area contributed by atoms with Gasteiger partial charge in [-0.3, -0.25) is 14.2 Å². The van der Waals surface area contributed by atoms with Crippen molar-refractivity contribution in [3.05, 3.63) is 58.5 Å². The molecule has 3 rings (SSSR count). The second-order valence-electron chi connectivity index (χ2n) is 6.00. The Bertz CT molecular complexity index is 1020. The number of thioether (sulfide) groups is 1. The Kier molecular flexibility index (Phi) is 5.37. The zero-order valence-electron chi connectivity index (χ0n) is 14.9. The quantitative estimate of drug-likeness (QED) is 0.553. The van der Waals surface area contributed by atoms with Crippen molar-refractivity contribution in [3.63, 3.8) is 0 Å². The molecular weight excluding hydrogens is 348 g/mol. The van der Waals surface area contributed by atoms with Crippen molar-refractivity contribution in [2.45, 2.75) is 30.7 Å². The van der Waals surface area contributed by atoms with Gasteiger partial charge in [0.25, 0.3) is 5.56 Å². The van der Waals surface area contributed by atoms with Crippen LogP contribution in [0.3, 0.4) is 0 Å². The standard InChI is InChI=1S/C19H20N4O2S/c1-4-15(17(24)22-16-11-12(2)9-10-20-16)26-19-21-14-8-6-5-7-13(14)18(25)23(19)3/h5-11,15H,4H2,1-3H3,(H,20,22,24). The topological polar surface area (TPSA) is 76.9 Å². The highest BCUT2D eigenvalue weighted by atomic mass is 32.2. The molecule has 1 atom stereocenters. The number of para-hydroxylation sites is 1. The molecule has 7 heteroatoms. The number of hydrogen-bond acceptors (Lipinski definition) is 5. The van der Waals surface area contributed by atoms with Crippen LogP contribution in [0, 0.1) is 6.92 Å².